The number of thiazole rings is 1. The Kier molecular flexibility index (Phi) is 6.88. The zero-order valence-corrected chi connectivity index (χ0v) is 20.4. The van der Waals surface area contributed by atoms with Crippen LogP contribution in [0.25, 0.3) is 0 Å². The van der Waals surface area contributed by atoms with Crippen molar-refractivity contribution in [2.75, 3.05) is 39.4 Å². The molecule has 0 radical (unpaired) electrons. The first-order chi connectivity index (χ1) is 16.5. The zero-order chi connectivity index (χ0) is 23.7. The number of hydrogen-bond acceptors (Lipinski definition) is 6. The molecule has 2 aromatic rings. The van der Waals surface area contributed by atoms with Gasteiger partial charge in [-0.3, -0.25) is 9.59 Å². The van der Waals surface area contributed by atoms with Gasteiger partial charge < -0.3 is 19.3 Å². The summed E-state index contributed by atoms with van der Waals surface area (Å²) in [6.45, 7) is 3.58. The van der Waals surface area contributed by atoms with Crippen molar-refractivity contribution in [3.63, 3.8) is 0 Å². The molecule has 0 N–H and O–H groups in total. The van der Waals surface area contributed by atoms with E-state index in [1.165, 1.54) is 29.5 Å². The average Bonchev–Trinajstić information content (AvgIpc) is 3.35. The maximum atomic E-state index is 14.1. The van der Waals surface area contributed by atoms with Crippen LogP contribution in [0.1, 0.15) is 63.9 Å². The number of nitrogens with zero attached hydrogens (tertiary/aromatic N) is 3. The summed E-state index contributed by atoms with van der Waals surface area (Å²) >= 11 is 7.55. The van der Waals surface area contributed by atoms with Crippen molar-refractivity contribution >= 4 is 34.8 Å². The highest BCUT2D eigenvalue weighted by Crippen LogP contribution is 2.34. The van der Waals surface area contributed by atoms with E-state index < -0.39 is 11.6 Å². The Morgan fingerprint density at radius 2 is 1.74 bits per heavy atom. The average molecular weight is 508 g/mol. The van der Waals surface area contributed by atoms with Gasteiger partial charge in [0.2, 0.25) is 0 Å². The van der Waals surface area contributed by atoms with Gasteiger partial charge in [-0.2, -0.15) is 0 Å². The Hall–Kier alpha value is -2.07. The van der Waals surface area contributed by atoms with Gasteiger partial charge >= 0.3 is 0 Å². The minimum Gasteiger partial charge on any atom is -0.350 e. The molecule has 1 spiro atoms. The molecule has 1 aromatic heterocycles. The molecule has 3 aliphatic rings. The lowest BCUT2D eigenvalue weighted by molar-refractivity contribution is -0.281. The van der Waals surface area contributed by atoms with Crippen LogP contribution in [-0.2, 0) is 9.47 Å². The number of benzene rings is 1. The molecule has 0 unspecified atom stereocenters. The predicted octanol–water partition coefficient (Wildman–Crippen LogP) is 4.32. The van der Waals surface area contributed by atoms with Crippen molar-refractivity contribution in [3.8, 4) is 0 Å². The quantitative estimate of drug-likeness (QED) is 0.618. The molecule has 182 valence electrons. The SMILES string of the molecule is O=C(c1csc(C2CCN(C(=O)c3c(F)cccc3Cl)CC2)n1)N1CCC2(CC1)OCCCO2. The monoisotopic (exact) mass is 507 g/mol. The van der Waals surface area contributed by atoms with Crippen LogP contribution in [0, 0.1) is 5.82 Å². The molecule has 0 saturated carbocycles. The Morgan fingerprint density at radius 3 is 2.41 bits per heavy atom. The maximum absolute atomic E-state index is 14.1. The third-order valence-corrected chi connectivity index (χ3v) is 8.20. The Bertz CT molecular complexity index is 1040. The number of carbonyl (C=O) groups excluding carboxylic acids is 2. The summed E-state index contributed by atoms with van der Waals surface area (Å²) in [6, 6.07) is 4.26. The highest BCUT2D eigenvalue weighted by Gasteiger charge is 2.40. The Morgan fingerprint density at radius 1 is 1.06 bits per heavy atom. The lowest BCUT2D eigenvalue weighted by atomic mass is 9.97. The van der Waals surface area contributed by atoms with E-state index in [9.17, 15) is 14.0 Å². The summed E-state index contributed by atoms with van der Waals surface area (Å²) in [5, 5.41) is 2.86. The summed E-state index contributed by atoms with van der Waals surface area (Å²) in [5.74, 6) is -1.41. The van der Waals surface area contributed by atoms with Crippen LogP contribution in [0.15, 0.2) is 23.6 Å². The van der Waals surface area contributed by atoms with Gasteiger partial charge in [0.15, 0.2) is 5.79 Å². The fourth-order valence-corrected chi connectivity index (χ4v) is 6.09. The highest BCUT2D eigenvalue weighted by atomic mass is 35.5. The number of rotatable bonds is 3. The van der Waals surface area contributed by atoms with Crippen LogP contribution in [0.2, 0.25) is 5.02 Å². The van der Waals surface area contributed by atoms with Gasteiger partial charge in [0.1, 0.15) is 11.5 Å². The molecule has 0 bridgehead atoms. The van der Waals surface area contributed by atoms with E-state index in [0.717, 1.165) is 11.4 Å². The minimum atomic E-state index is -0.604. The van der Waals surface area contributed by atoms with Crippen LogP contribution >= 0.6 is 22.9 Å². The molecule has 3 fully saturated rings. The fourth-order valence-electron chi connectivity index (χ4n) is 4.88. The fraction of sp³-hybridized carbons (Fsp3) is 0.542. The standard InChI is InChI=1S/C24H27ClFN3O4S/c25-17-3-1-4-18(26)20(17)23(31)28-9-5-16(6-10-28)21-27-19(15-34-21)22(30)29-11-7-24(8-12-29)32-13-2-14-33-24/h1,3-4,15-16H,2,5-14H2. The second-order valence-corrected chi connectivity index (χ2v) is 10.3. The number of piperidine rings is 2. The van der Waals surface area contributed by atoms with E-state index in [0.29, 0.717) is 70.8 Å². The van der Waals surface area contributed by atoms with Gasteiger partial charge in [0.05, 0.1) is 28.8 Å². The molecule has 5 rings (SSSR count). The van der Waals surface area contributed by atoms with Crippen molar-refractivity contribution in [2.24, 2.45) is 0 Å². The summed E-state index contributed by atoms with van der Waals surface area (Å²) in [6.07, 6.45) is 3.68. The van der Waals surface area contributed by atoms with Gasteiger partial charge in [0, 0.05) is 50.3 Å². The lowest BCUT2D eigenvalue weighted by Crippen LogP contribution is -2.51. The van der Waals surface area contributed by atoms with Crippen LogP contribution in [-0.4, -0.2) is 71.8 Å². The van der Waals surface area contributed by atoms with E-state index in [-0.39, 0.29) is 28.3 Å². The normalized spacial score (nSPS) is 21.1. The highest BCUT2D eigenvalue weighted by molar-refractivity contribution is 7.09. The van der Waals surface area contributed by atoms with E-state index in [1.807, 2.05) is 10.3 Å². The number of carbonyl (C=O) groups is 2. The molecule has 2 amide bonds. The number of hydrogen-bond donors (Lipinski definition) is 0. The third-order valence-electron chi connectivity index (χ3n) is 6.88. The summed E-state index contributed by atoms with van der Waals surface area (Å²) in [4.78, 5) is 33.9. The van der Waals surface area contributed by atoms with Crippen molar-refractivity contribution in [1.82, 2.24) is 14.8 Å². The van der Waals surface area contributed by atoms with E-state index >= 15 is 0 Å². The first-order valence-corrected chi connectivity index (χ1v) is 13.0. The largest absolute Gasteiger partial charge is 0.350 e. The summed E-state index contributed by atoms with van der Waals surface area (Å²) in [7, 11) is 0. The first-order valence-electron chi connectivity index (χ1n) is 11.7. The van der Waals surface area contributed by atoms with Crippen molar-refractivity contribution in [1.29, 1.82) is 0 Å². The second-order valence-electron chi connectivity index (χ2n) is 8.99. The van der Waals surface area contributed by atoms with Crippen molar-refractivity contribution in [2.45, 2.75) is 43.8 Å². The molecule has 3 saturated heterocycles. The van der Waals surface area contributed by atoms with Crippen molar-refractivity contribution in [3.05, 3.63) is 50.7 Å². The third kappa shape index (κ3) is 4.71. The van der Waals surface area contributed by atoms with Crippen LogP contribution in [0.5, 0.6) is 0 Å². The summed E-state index contributed by atoms with van der Waals surface area (Å²) < 4.78 is 25.9. The smallest absolute Gasteiger partial charge is 0.273 e. The molecule has 10 heteroatoms. The molecule has 3 aliphatic heterocycles. The number of ether oxygens (including phenoxy) is 2. The number of amides is 2. The molecule has 4 heterocycles. The first kappa shape index (κ1) is 23.7. The van der Waals surface area contributed by atoms with Crippen molar-refractivity contribution < 1.29 is 23.5 Å². The topological polar surface area (TPSA) is 72.0 Å². The molecule has 0 aliphatic carbocycles. The predicted molar refractivity (Wildman–Crippen MR) is 126 cm³/mol. The molecule has 7 nitrogen and oxygen atoms in total. The second kappa shape index (κ2) is 9.89. The maximum Gasteiger partial charge on any atom is 0.273 e. The zero-order valence-electron chi connectivity index (χ0n) is 18.8. The number of halogens is 2. The molecular weight excluding hydrogens is 481 g/mol. The Labute approximate surface area is 206 Å². The lowest BCUT2D eigenvalue weighted by Gasteiger charge is -2.43. The molecule has 0 atom stereocenters. The number of aromatic nitrogens is 1. The molecular formula is C24H27ClFN3O4S. The number of likely N-dealkylation sites (tertiary alicyclic amines) is 2. The van der Waals surface area contributed by atoms with Gasteiger partial charge in [0.25, 0.3) is 11.8 Å². The van der Waals surface area contributed by atoms with Crippen LogP contribution in [0.3, 0.4) is 0 Å². The van der Waals surface area contributed by atoms with Crippen LogP contribution in [0.4, 0.5) is 4.39 Å². The Balaban J connectivity index is 1.17. The van der Waals surface area contributed by atoms with Gasteiger partial charge in [-0.1, -0.05) is 17.7 Å². The summed E-state index contributed by atoms with van der Waals surface area (Å²) in [5.41, 5.74) is 0.398. The molecule has 1 aromatic carbocycles. The minimum absolute atomic E-state index is 0.0602. The van der Waals surface area contributed by atoms with Gasteiger partial charge in [-0.25, -0.2) is 9.37 Å². The van der Waals surface area contributed by atoms with E-state index in [2.05, 4.69) is 4.98 Å². The van der Waals surface area contributed by atoms with E-state index in [4.69, 9.17) is 21.1 Å². The van der Waals surface area contributed by atoms with Crippen LogP contribution < -0.4 is 0 Å². The van der Waals surface area contributed by atoms with Gasteiger partial charge in [-0.15, -0.1) is 11.3 Å². The van der Waals surface area contributed by atoms with E-state index in [1.54, 1.807) is 4.90 Å². The van der Waals surface area contributed by atoms with Gasteiger partial charge in [-0.05, 0) is 31.4 Å². The molecule has 34 heavy (non-hydrogen) atoms.